The molecule has 4 nitrogen and oxygen atoms in total. The smallest absolute Gasteiger partial charge is 0.218 e. The van der Waals surface area contributed by atoms with Crippen LogP contribution in [0.25, 0.3) is 0 Å². The molecule has 0 amide bonds. The molecule has 2 rings (SSSR count). The van der Waals surface area contributed by atoms with Crippen LogP contribution >= 0.6 is 0 Å². The zero-order chi connectivity index (χ0) is 12.8. The van der Waals surface area contributed by atoms with Gasteiger partial charge in [0.05, 0.1) is 6.61 Å². The molecule has 0 bridgehead atoms. The number of aryl methyl sites for hydroxylation is 1. The summed E-state index contributed by atoms with van der Waals surface area (Å²) < 4.78 is 5.64. The first-order valence-corrected chi connectivity index (χ1v) is 7.03. The summed E-state index contributed by atoms with van der Waals surface area (Å²) in [6.45, 7) is 4.80. The maximum absolute atomic E-state index is 5.64. The van der Waals surface area contributed by atoms with E-state index in [-0.39, 0.29) is 0 Å². The molecule has 1 fully saturated rings. The fraction of sp³-hybridized carbons (Fsp3) is 0.714. The highest BCUT2D eigenvalue weighted by Gasteiger charge is 2.15. The lowest BCUT2D eigenvalue weighted by molar-refractivity contribution is 0.296. The summed E-state index contributed by atoms with van der Waals surface area (Å²) in [7, 11) is 0. The highest BCUT2D eigenvalue weighted by molar-refractivity contribution is 5.39. The van der Waals surface area contributed by atoms with Crippen molar-refractivity contribution in [2.45, 2.75) is 58.4 Å². The van der Waals surface area contributed by atoms with Crippen molar-refractivity contribution < 1.29 is 4.74 Å². The number of ether oxygens (including phenoxy) is 1. The predicted molar refractivity (Wildman–Crippen MR) is 73.1 cm³/mol. The van der Waals surface area contributed by atoms with Crippen LogP contribution in [0.3, 0.4) is 0 Å². The van der Waals surface area contributed by atoms with E-state index in [4.69, 9.17) is 4.74 Å². The predicted octanol–water partition coefficient (Wildman–Crippen LogP) is 3.32. The molecule has 0 unspecified atom stereocenters. The molecule has 0 aliphatic heterocycles. The van der Waals surface area contributed by atoms with Gasteiger partial charge in [0.2, 0.25) is 5.88 Å². The normalized spacial score (nSPS) is 15.9. The van der Waals surface area contributed by atoms with E-state index in [1.54, 1.807) is 0 Å². The molecule has 4 heteroatoms. The van der Waals surface area contributed by atoms with Gasteiger partial charge < -0.3 is 10.1 Å². The Bertz CT molecular complexity index is 375. The van der Waals surface area contributed by atoms with Crippen LogP contribution in [0, 0.1) is 6.92 Å². The zero-order valence-electron chi connectivity index (χ0n) is 11.4. The minimum atomic E-state index is 0.572. The Balaban J connectivity index is 1.96. The lowest BCUT2D eigenvalue weighted by Crippen LogP contribution is -2.16. The monoisotopic (exact) mass is 249 g/mol. The van der Waals surface area contributed by atoms with Crippen molar-refractivity contribution in [3.63, 3.8) is 0 Å². The van der Waals surface area contributed by atoms with Crippen molar-refractivity contribution >= 4 is 5.82 Å². The van der Waals surface area contributed by atoms with Gasteiger partial charge in [-0.2, -0.15) is 4.98 Å². The molecule has 1 aromatic rings. The number of unbranched alkanes of at least 4 members (excludes halogenated alkanes) is 1. The zero-order valence-corrected chi connectivity index (χ0v) is 11.4. The quantitative estimate of drug-likeness (QED) is 0.786. The maximum atomic E-state index is 5.64. The molecule has 1 aromatic heterocycles. The second-order valence-electron chi connectivity index (χ2n) is 4.97. The number of rotatable bonds is 6. The average molecular weight is 249 g/mol. The van der Waals surface area contributed by atoms with E-state index in [1.165, 1.54) is 25.7 Å². The van der Waals surface area contributed by atoms with E-state index in [0.717, 1.165) is 31.1 Å². The van der Waals surface area contributed by atoms with E-state index in [1.807, 2.05) is 13.0 Å². The third-order valence-electron chi connectivity index (χ3n) is 3.27. The van der Waals surface area contributed by atoms with Gasteiger partial charge in [-0.3, -0.25) is 0 Å². The molecule has 0 atom stereocenters. The summed E-state index contributed by atoms with van der Waals surface area (Å²) in [6, 6.07) is 2.49. The third kappa shape index (κ3) is 3.86. The van der Waals surface area contributed by atoms with Gasteiger partial charge in [-0.25, -0.2) is 4.98 Å². The molecule has 0 radical (unpaired) electrons. The number of anilines is 1. The van der Waals surface area contributed by atoms with E-state index in [9.17, 15) is 0 Å². The number of aromatic nitrogens is 2. The molecule has 100 valence electrons. The molecule has 0 aromatic carbocycles. The summed E-state index contributed by atoms with van der Waals surface area (Å²) in [6.07, 6.45) is 7.33. The third-order valence-corrected chi connectivity index (χ3v) is 3.27. The molecule has 0 saturated heterocycles. The minimum Gasteiger partial charge on any atom is -0.478 e. The Morgan fingerprint density at radius 1 is 1.33 bits per heavy atom. The number of hydrogen-bond acceptors (Lipinski definition) is 4. The highest BCUT2D eigenvalue weighted by Crippen LogP contribution is 2.22. The van der Waals surface area contributed by atoms with Crippen LogP contribution in [0.15, 0.2) is 6.07 Å². The Morgan fingerprint density at radius 2 is 2.11 bits per heavy atom. The van der Waals surface area contributed by atoms with E-state index < -0.39 is 0 Å². The summed E-state index contributed by atoms with van der Waals surface area (Å²) in [5, 5.41) is 3.48. The van der Waals surface area contributed by atoms with Crippen molar-refractivity contribution in [1.82, 2.24) is 9.97 Å². The highest BCUT2D eigenvalue weighted by atomic mass is 16.5. The molecular weight excluding hydrogens is 226 g/mol. The summed E-state index contributed by atoms with van der Waals surface area (Å²) in [4.78, 5) is 8.73. The Labute approximate surface area is 109 Å². The Hall–Kier alpha value is -1.32. The SMILES string of the molecule is CCCCOc1cc(NC2CCCC2)nc(C)n1. The lowest BCUT2D eigenvalue weighted by Gasteiger charge is -2.14. The van der Waals surface area contributed by atoms with Crippen LogP contribution in [0.4, 0.5) is 5.82 Å². The van der Waals surface area contributed by atoms with Gasteiger partial charge in [-0.15, -0.1) is 0 Å². The van der Waals surface area contributed by atoms with Crippen LogP contribution in [0.1, 0.15) is 51.3 Å². The topological polar surface area (TPSA) is 47.0 Å². The standard InChI is InChI=1S/C14H23N3O/c1-3-4-9-18-14-10-13(15-11(2)16-14)17-12-7-5-6-8-12/h10,12H,3-9H2,1-2H3,(H,15,16,17). The number of nitrogens with one attached hydrogen (secondary N) is 1. The molecule has 1 aliphatic rings. The number of nitrogens with zero attached hydrogens (tertiary/aromatic N) is 2. The molecular formula is C14H23N3O. The van der Waals surface area contributed by atoms with Crippen molar-refractivity contribution in [2.75, 3.05) is 11.9 Å². The Morgan fingerprint density at radius 3 is 2.83 bits per heavy atom. The van der Waals surface area contributed by atoms with E-state index in [0.29, 0.717) is 11.9 Å². The van der Waals surface area contributed by atoms with Gasteiger partial charge in [-0.1, -0.05) is 26.2 Å². The van der Waals surface area contributed by atoms with Crippen LogP contribution in [0.2, 0.25) is 0 Å². The van der Waals surface area contributed by atoms with E-state index in [2.05, 4.69) is 22.2 Å². The number of hydrogen-bond donors (Lipinski definition) is 1. The fourth-order valence-corrected chi connectivity index (χ4v) is 2.29. The van der Waals surface area contributed by atoms with Crippen molar-refractivity contribution in [1.29, 1.82) is 0 Å². The molecule has 1 N–H and O–H groups in total. The first-order valence-electron chi connectivity index (χ1n) is 7.03. The second-order valence-corrected chi connectivity index (χ2v) is 4.97. The first kappa shape index (κ1) is 13.1. The fourth-order valence-electron chi connectivity index (χ4n) is 2.29. The molecule has 1 heterocycles. The summed E-state index contributed by atoms with van der Waals surface area (Å²) in [5.74, 6) is 2.36. The molecule has 0 spiro atoms. The van der Waals surface area contributed by atoms with Gasteiger partial charge in [-0.05, 0) is 26.2 Å². The van der Waals surface area contributed by atoms with Gasteiger partial charge in [0, 0.05) is 12.1 Å². The molecule has 1 aliphatic carbocycles. The van der Waals surface area contributed by atoms with Crippen LogP contribution < -0.4 is 10.1 Å². The van der Waals surface area contributed by atoms with E-state index >= 15 is 0 Å². The largest absolute Gasteiger partial charge is 0.478 e. The second kappa shape index (κ2) is 6.57. The van der Waals surface area contributed by atoms with Crippen molar-refractivity contribution in [3.05, 3.63) is 11.9 Å². The van der Waals surface area contributed by atoms with Crippen LogP contribution in [-0.2, 0) is 0 Å². The minimum absolute atomic E-state index is 0.572. The van der Waals surface area contributed by atoms with Gasteiger partial charge in [0.25, 0.3) is 0 Å². The maximum Gasteiger partial charge on any atom is 0.218 e. The molecule has 18 heavy (non-hydrogen) atoms. The van der Waals surface area contributed by atoms with Gasteiger partial charge >= 0.3 is 0 Å². The molecule has 1 saturated carbocycles. The first-order chi connectivity index (χ1) is 8.78. The average Bonchev–Trinajstić information content (AvgIpc) is 2.81. The van der Waals surface area contributed by atoms with Crippen LogP contribution in [0.5, 0.6) is 5.88 Å². The summed E-state index contributed by atoms with van der Waals surface area (Å²) in [5.41, 5.74) is 0. The van der Waals surface area contributed by atoms with Crippen molar-refractivity contribution in [2.24, 2.45) is 0 Å². The van der Waals surface area contributed by atoms with Gasteiger partial charge in [0.1, 0.15) is 11.6 Å². The van der Waals surface area contributed by atoms with Crippen LogP contribution in [-0.4, -0.2) is 22.6 Å². The Kier molecular flexibility index (Phi) is 4.79. The lowest BCUT2D eigenvalue weighted by atomic mass is 10.2. The van der Waals surface area contributed by atoms with Gasteiger partial charge in [0.15, 0.2) is 0 Å². The summed E-state index contributed by atoms with van der Waals surface area (Å²) >= 11 is 0. The van der Waals surface area contributed by atoms with Crippen molar-refractivity contribution in [3.8, 4) is 5.88 Å².